The second-order valence-corrected chi connectivity index (χ2v) is 7.54. The molecule has 4 rings (SSSR count). The highest BCUT2D eigenvalue weighted by molar-refractivity contribution is 5.81. The lowest BCUT2D eigenvalue weighted by Crippen LogP contribution is -2.47. The predicted molar refractivity (Wildman–Crippen MR) is 111 cm³/mol. The first-order valence-corrected chi connectivity index (χ1v) is 9.57. The zero-order valence-corrected chi connectivity index (χ0v) is 16.4. The van der Waals surface area contributed by atoms with Crippen LogP contribution >= 0.6 is 0 Å². The molecule has 0 aliphatic carbocycles. The highest BCUT2D eigenvalue weighted by Crippen LogP contribution is 2.30. The zero-order chi connectivity index (χ0) is 19.0. The van der Waals surface area contributed by atoms with Crippen LogP contribution in [0.5, 0.6) is 0 Å². The van der Waals surface area contributed by atoms with Crippen LogP contribution in [0.3, 0.4) is 0 Å². The fourth-order valence-electron chi connectivity index (χ4n) is 3.91. The van der Waals surface area contributed by atoms with Gasteiger partial charge in [0.15, 0.2) is 5.65 Å². The first-order chi connectivity index (χ1) is 13.0. The van der Waals surface area contributed by atoms with Crippen LogP contribution in [0.1, 0.15) is 18.3 Å². The SMILES string of the molecule is C=C(C)CN1CCN(c2cc(C)nc3c(-c4ccccc4)c(C)nn23)CC1. The van der Waals surface area contributed by atoms with Crippen LogP contribution in [0.15, 0.2) is 48.6 Å². The Bertz CT molecular complexity index is 965. The first kappa shape index (κ1) is 17.7. The molecular formula is C22H27N5. The van der Waals surface area contributed by atoms with Gasteiger partial charge in [0.25, 0.3) is 0 Å². The Kier molecular flexibility index (Phi) is 4.70. The summed E-state index contributed by atoms with van der Waals surface area (Å²) in [6.45, 7) is 15.3. The lowest BCUT2D eigenvalue weighted by atomic mass is 10.1. The fraction of sp³-hybridized carbons (Fsp3) is 0.364. The van der Waals surface area contributed by atoms with Crippen molar-refractivity contribution in [3.63, 3.8) is 0 Å². The van der Waals surface area contributed by atoms with E-state index in [1.165, 1.54) is 11.1 Å². The molecule has 27 heavy (non-hydrogen) atoms. The van der Waals surface area contributed by atoms with Gasteiger partial charge in [-0.15, -0.1) is 0 Å². The maximum Gasteiger partial charge on any atom is 0.165 e. The summed E-state index contributed by atoms with van der Waals surface area (Å²) in [6.07, 6.45) is 0. The standard InChI is InChI=1S/C22H27N5/c1-16(2)15-25-10-12-26(13-11-25)20-14-17(3)23-22-21(18(4)24-27(20)22)19-8-6-5-7-9-19/h5-9,14H,1,10-13,15H2,2-4H3. The van der Waals surface area contributed by atoms with Crippen molar-refractivity contribution in [1.82, 2.24) is 19.5 Å². The molecule has 3 aromatic rings. The van der Waals surface area contributed by atoms with E-state index in [0.29, 0.717) is 0 Å². The van der Waals surface area contributed by atoms with Crippen molar-refractivity contribution in [3.8, 4) is 11.1 Å². The summed E-state index contributed by atoms with van der Waals surface area (Å²) >= 11 is 0. The van der Waals surface area contributed by atoms with Crippen molar-refractivity contribution in [2.24, 2.45) is 0 Å². The molecular weight excluding hydrogens is 334 g/mol. The van der Waals surface area contributed by atoms with E-state index >= 15 is 0 Å². The number of benzene rings is 1. The topological polar surface area (TPSA) is 36.7 Å². The number of anilines is 1. The van der Waals surface area contributed by atoms with Gasteiger partial charge in [0.05, 0.1) is 5.69 Å². The van der Waals surface area contributed by atoms with E-state index in [-0.39, 0.29) is 0 Å². The van der Waals surface area contributed by atoms with Gasteiger partial charge in [-0.1, -0.05) is 42.5 Å². The number of fused-ring (bicyclic) bond motifs is 1. The molecule has 0 unspecified atom stereocenters. The van der Waals surface area contributed by atoms with Crippen molar-refractivity contribution in [1.29, 1.82) is 0 Å². The molecule has 0 bridgehead atoms. The van der Waals surface area contributed by atoms with Crippen molar-refractivity contribution in [2.45, 2.75) is 20.8 Å². The molecule has 1 aliphatic rings. The third-order valence-electron chi connectivity index (χ3n) is 5.13. The highest BCUT2D eigenvalue weighted by atomic mass is 15.4. The van der Waals surface area contributed by atoms with E-state index in [0.717, 1.165) is 61.1 Å². The number of hydrogen-bond donors (Lipinski definition) is 0. The number of hydrogen-bond acceptors (Lipinski definition) is 4. The van der Waals surface area contributed by atoms with Crippen LogP contribution < -0.4 is 4.90 Å². The van der Waals surface area contributed by atoms with E-state index in [9.17, 15) is 0 Å². The minimum absolute atomic E-state index is 0.943. The monoisotopic (exact) mass is 361 g/mol. The van der Waals surface area contributed by atoms with Crippen molar-refractivity contribution < 1.29 is 0 Å². The summed E-state index contributed by atoms with van der Waals surface area (Å²) in [4.78, 5) is 9.73. The smallest absolute Gasteiger partial charge is 0.165 e. The Morgan fingerprint density at radius 3 is 2.44 bits per heavy atom. The molecule has 0 saturated carbocycles. The summed E-state index contributed by atoms with van der Waals surface area (Å²) in [5, 5.41) is 4.86. The molecule has 0 spiro atoms. The van der Waals surface area contributed by atoms with Gasteiger partial charge in [-0.05, 0) is 26.3 Å². The molecule has 1 saturated heterocycles. The lowest BCUT2D eigenvalue weighted by Gasteiger charge is -2.36. The molecule has 2 aromatic heterocycles. The minimum Gasteiger partial charge on any atom is -0.354 e. The van der Waals surface area contributed by atoms with E-state index in [1.54, 1.807) is 0 Å². The van der Waals surface area contributed by atoms with Crippen LogP contribution in [0.4, 0.5) is 5.82 Å². The van der Waals surface area contributed by atoms with Gasteiger partial charge in [-0.3, -0.25) is 4.90 Å². The Balaban J connectivity index is 1.72. The van der Waals surface area contributed by atoms with Gasteiger partial charge < -0.3 is 4.90 Å². The Labute approximate surface area is 160 Å². The largest absolute Gasteiger partial charge is 0.354 e. The van der Waals surface area contributed by atoms with Crippen molar-refractivity contribution in [3.05, 3.63) is 59.9 Å². The maximum absolute atomic E-state index is 4.86. The quantitative estimate of drug-likeness (QED) is 0.664. The number of aromatic nitrogens is 3. The van der Waals surface area contributed by atoms with Gasteiger partial charge in [0.1, 0.15) is 5.82 Å². The van der Waals surface area contributed by atoms with Crippen LogP contribution in [-0.4, -0.2) is 52.2 Å². The molecule has 1 fully saturated rings. The average Bonchev–Trinajstić information content (AvgIpc) is 2.97. The van der Waals surface area contributed by atoms with E-state index in [4.69, 9.17) is 10.1 Å². The fourth-order valence-corrected chi connectivity index (χ4v) is 3.91. The zero-order valence-electron chi connectivity index (χ0n) is 16.4. The van der Waals surface area contributed by atoms with Crippen molar-refractivity contribution >= 4 is 11.5 Å². The normalized spacial score (nSPS) is 15.4. The average molecular weight is 361 g/mol. The molecule has 0 N–H and O–H groups in total. The molecule has 5 heteroatoms. The molecule has 0 radical (unpaired) electrons. The van der Waals surface area contributed by atoms with Crippen LogP contribution in [0.2, 0.25) is 0 Å². The van der Waals surface area contributed by atoms with Gasteiger partial charge in [-0.25, -0.2) is 4.98 Å². The molecule has 0 atom stereocenters. The molecule has 1 aliphatic heterocycles. The minimum atomic E-state index is 0.943. The molecule has 1 aromatic carbocycles. The summed E-state index contributed by atoms with van der Waals surface area (Å²) in [5.41, 5.74) is 6.50. The van der Waals surface area contributed by atoms with Crippen molar-refractivity contribution in [2.75, 3.05) is 37.6 Å². The van der Waals surface area contributed by atoms with Gasteiger partial charge in [-0.2, -0.15) is 9.61 Å². The molecule has 140 valence electrons. The summed E-state index contributed by atoms with van der Waals surface area (Å²) in [7, 11) is 0. The lowest BCUT2D eigenvalue weighted by molar-refractivity contribution is 0.277. The Hall–Kier alpha value is -2.66. The van der Waals surface area contributed by atoms with E-state index in [2.05, 4.69) is 67.5 Å². The second kappa shape index (κ2) is 7.16. The molecule has 3 heterocycles. The summed E-state index contributed by atoms with van der Waals surface area (Å²) < 4.78 is 2.03. The van der Waals surface area contributed by atoms with Gasteiger partial charge >= 0.3 is 0 Å². The number of piperazine rings is 1. The second-order valence-electron chi connectivity index (χ2n) is 7.54. The number of nitrogens with zero attached hydrogens (tertiary/aromatic N) is 5. The van der Waals surface area contributed by atoms with Crippen LogP contribution in [0.25, 0.3) is 16.8 Å². The first-order valence-electron chi connectivity index (χ1n) is 9.57. The van der Waals surface area contributed by atoms with E-state index < -0.39 is 0 Å². The Morgan fingerprint density at radius 1 is 1.07 bits per heavy atom. The maximum atomic E-state index is 4.86. The third-order valence-corrected chi connectivity index (χ3v) is 5.13. The Morgan fingerprint density at radius 2 is 1.78 bits per heavy atom. The highest BCUT2D eigenvalue weighted by Gasteiger charge is 2.22. The summed E-state index contributed by atoms with van der Waals surface area (Å²) in [5.74, 6) is 1.14. The van der Waals surface area contributed by atoms with Crippen LogP contribution in [-0.2, 0) is 0 Å². The van der Waals surface area contributed by atoms with Crippen LogP contribution in [0, 0.1) is 13.8 Å². The summed E-state index contributed by atoms with van der Waals surface area (Å²) in [6, 6.07) is 12.6. The van der Waals surface area contributed by atoms with E-state index in [1.807, 2.05) is 10.6 Å². The number of rotatable bonds is 4. The number of aryl methyl sites for hydroxylation is 2. The van der Waals surface area contributed by atoms with Gasteiger partial charge in [0, 0.05) is 50.0 Å². The predicted octanol–water partition coefficient (Wildman–Crippen LogP) is 3.71. The molecule has 5 nitrogen and oxygen atoms in total. The van der Waals surface area contributed by atoms with Gasteiger partial charge in [0.2, 0.25) is 0 Å². The molecule has 0 amide bonds. The third kappa shape index (κ3) is 3.47.